The topological polar surface area (TPSA) is 33.5 Å². The van der Waals surface area contributed by atoms with Gasteiger partial charge < -0.3 is 9.80 Å². The monoisotopic (exact) mass is 370 g/mol. The van der Waals surface area contributed by atoms with Gasteiger partial charge in [-0.2, -0.15) is 5.26 Å². The maximum Gasteiger partial charge on any atom is 0.0998 e. The Morgan fingerprint density at radius 3 is 2.18 bits per heavy atom. The van der Waals surface area contributed by atoms with Gasteiger partial charge in [-0.3, -0.25) is 4.90 Å². The van der Waals surface area contributed by atoms with E-state index in [4.69, 9.17) is 0 Å². The van der Waals surface area contributed by atoms with Crippen LogP contribution in [0, 0.1) is 11.3 Å². The van der Waals surface area contributed by atoms with Crippen molar-refractivity contribution in [2.45, 2.75) is 6.54 Å². The lowest BCUT2D eigenvalue weighted by Gasteiger charge is -2.36. The lowest BCUT2D eigenvalue weighted by Crippen LogP contribution is -2.46. The summed E-state index contributed by atoms with van der Waals surface area (Å²) in [7, 11) is 4.14. The smallest absolute Gasteiger partial charge is 0.0998 e. The Morgan fingerprint density at radius 1 is 0.857 bits per heavy atom. The molecule has 1 fully saturated rings. The number of rotatable bonds is 4. The molecule has 4 rings (SSSR count). The number of nitrogens with zero attached hydrogens (tertiary/aromatic N) is 4. The molecule has 1 aliphatic rings. The molecular formula is C24H26N4. The van der Waals surface area contributed by atoms with Crippen molar-refractivity contribution in [2.75, 3.05) is 50.1 Å². The van der Waals surface area contributed by atoms with Crippen LogP contribution in [0.1, 0.15) is 11.1 Å². The first-order chi connectivity index (χ1) is 13.7. The standard InChI is InChI=1S/C24H26N4/c1-26(2)21-9-11-22(12-10-21)28-15-13-27(14-16-28)18-20-8-7-19(17-25)23-5-3-4-6-24(20)23/h3-12H,13-16,18H2,1-2H3. The summed E-state index contributed by atoms with van der Waals surface area (Å²) in [6.07, 6.45) is 0. The van der Waals surface area contributed by atoms with Crippen LogP contribution in [0.4, 0.5) is 11.4 Å². The number of nitriles is 1. The normalized spacial score (nSPS) is 14.8. The minimum atomic E-state index is 0.755. The lowest BCUT2D eigenvalue weighted by atomic mass is 9.99. The van der Waals surface area contributed by atoms with Gasteiger partial charge in [0.15, 0.2) is 0 Å². The molecule has 0 atom stereocenters. The summed E-state index contributed by atoms with van der Waals surface area (Å²) in [5.74, 6) is 0. The van der Waals surface area contributed by atoms with Gasteiger partial charge in [-0.05, 0) is 46.7 Å². The van der Waals surface area contributed by atoms with E-state index in [1.165, 1.54) is 22.3 Å². The van der Waals surface area contributed by atoms with E-state index in [2.05, 4.69) is 77.3 Å². The van der Waals surface area contributed by atoms with Crippen molar-refractivity contribution in [1.82, 2.24) is 4.90 Å². The highest BCUT2D eigenvalue weighted by molar-refractivity contribution is 5.90. The fourth-order valence-electron chi connectivity index (χ4n) is 3.96. The number of anilines is 2. The Balaban J connectivity index is 1.44. The zero-order valence-electron chi connectivity index (χ0n) is 16.6. The third-order valence-corrected chi connectivity index (χ3v) is 5.63. The van der Waals surface area contributed by atoms with Gasteiger partial charge in [0, 0.05) is 58.2 Å². The minimum Gasteiger partial charge on any atom is -0.378 e. The van der Waals surface area contributed by atoms with Crippen molar-refractivity contribution in [2.24, 2.45) is 0 Å². The van der Waals surface area contributed by atoms with Crippen LogP contribution >= 0.6 is 0 Å². The first kappa shape index (κ1) is 18.3. The Labute approximate surface area is 167 Å². The Bertz CT molecular complexity index is 993. The zero-order valence-corrected chi connectivity index (χ0v) is 16.6. The molecule has 1 saturated heterocycles. The summed E-state index contributed by atoms with van der Waals surface area (Å²) in [5, 5.41) is 11.6. The predicted octanol–water partition coefficient (Wildman–Crippen LogP) is 4.10. The number of benzene rings is 3. The second-order valence-corrected chi connectivity index (χ2v) is 7.60. The van der Waals surface area contributed by atoms with E-state index in [-0.39, 0.29) is 0 Å². The molecule has 4 heteroatoms. The van der Waals surface area contributed by atoms with E-state index in [1.54, 1.807) is 0 Å². The molecule has 1 aliphatic heterocycles. The van der Waals surface area contributed by atoms with Crippen LogP contribution < -0.4 is 9.80 Å². The van der Waals surface area contributed by atoms with E-state index < -0.39 is 0 Å². The van der Waals surface area contributed by atoms with Gasteiger partial charge >= 0.3 is 0 Å². The molecule has 3 aromatic carbocycles. The van der Waals surface area contributed by atoms with Crippen LogP contribution in [0.2, 0.25) is 0 Å². The summed E-state index contributed by atoms with van der Waals surface area (Å²) in [6, 6.07) is 23.4. The third kappa shape index (κ3) is 3.67. The first-order valence-corrected chi connectivity index (χ1v) is 9.81. The predicted molar refractivity (Wildman–Crippen MR) is 117 cm³/mol. The van der Waals surface area contributed by atoms with Crippen LogP contribution in [0.3, 0.4) is 0 Å². The summed E-state index contributed by atoms with van der Waals surface area (Å²) < 4.78 is 0. The number of fused-ring (bicyclic) bond motifs is 1. The molecule has 0 spiro atoms. The third-order valence-electron chi connectivity index (χ3n) is 5.63. The average molecular weight is 371 g/mol. The van der Waals surface area contributed by atoms with Crippen LogP contribution in [0.25, 0.3) is 10.8 Å². The Kier molecular flexibility index (Phi) is 5.18. The molecule has 3 aromatic rings. The molecule has 142 valence electrons. The molecule has 0 aliphatic carbocycles. The van der Waals surface area contributed by atoms with Crippen molar-refractivity contribution in [1.29, 1.82) is 5.26 Å². The fourth-order valence-corrected chi connectivity index (χ4v) is 3.96. The highest BCUT2D eigenvalue weighted by atomic mass is 15.3. The molecule has 0 N–H and O–H groups in total. The number of piperazine rings is 1. The summed E-state index contributed by atoms with van der Waals surface area (Å²) in [5.41, 5.74) is 4.59. The van der Waals surface area contributed by atoms with Gasteiger partial charge in [-0.1, -0.05) is 30.3 Å². The minimum absolute atomic E-state index is 0.755. The van der Waals surface area contributed by atoms with Crippen LogP contribution in [-0.2, 0) is 6.54 Å². The van der Waals surface area contributed by atoms with Gasteiger partial charge in [-0.15, -0.1) is 0 Å². The molecule has 4 nitrogen and oxygen atoms in total. The summed E-state index contributed by atoms with van der Waals surface area (Å²) in [6.45, 7) is 5.10. The second kappa shape index (κ2) is 7.92. The molecule has 0 bridgehead atoms. The molecule has 0 saturated carbocycles. The van der Waals surface area contributed by atoms with Gasteiger partial charge in [0.1, 0.15) is 0 Å². The average Bonchev–Trinajstić information content (AvgIpc) is 2.74. The number of hydrogen-bond donors (Lipinski definition) is 0. The van der Waals surface area contributed by atoms with E-state index in [0.29, 0.717) is 0 Å². The van der Waals surface area contributed by atoms with Crippen molar-refractivity contribution < 1.29 is 0 Å². The fraction of sp³-hybridized carbons (Fsp3) is 0.292. The lowest BCUT2D eigenvalue weighted by molar-refractivity contribution is 0.250. The molecule has 1 heterocycles. The quantitative estimate of drug-likeness (QED) is 0.692. The maximum atomic E-state index is 9.36. The van der Waals surface area contributed by atoms with E-state index >= 15 is 0 Å². The second-order valence-electron chi connectivity index (χ2n) is 7.60. The molecule has 0 unspecified atom stereocenters. The van der Waals surface area contributed by atoms with Gasteiger partial charge in [0.2, 0.25) is 0 Å². The molecule has 0 amide bonds. The van der Waals surface area contributed by atoms with Crippen LogP contribution in [-0.4, -0.2) is 45.2 Å². The molecular weight excluding hydrogens is 344 g/mol. The van der Waals surface area contributed by atoms with Crippen molar-refractivity contribution in [3.8, 4) is 6.07 Å². The molecule has 28 heavy (non-hydrogen) atoms. The highest BCUT2D eigenvalue weighted by Gasteiger charge is 2.18. The van der Waals surface area contributed by atoms with Crippen LogP contribution in [0.5, 0.6) is 0 Å². The maximum absolute atomic E-state index is 9.36. The number of hydrogen-bond acceptors (Lipinski definition) is 4. The summed E-state index contributed by atoms with van der Waals surface area (Å²) in [4.78, 5) is 7.11. The van der Waals surface area contributed by atoms with Gasteiger partial charge in [0.05, 0.1) is 11.6 Å². The zero-order chi connectivity index (χ0) is 19.5. The van der Waals surface area contributed by atoms with Crippen LogP contribution in [0.15, 0.2) is 60.7 Å². The van der Waals surface area contributed by atoms with E-state index in [0.717, 1.165) is 43.7 Å². The highest BCUT2D eigenvalue weighted by Crippen LogP contribution is 2.25. The van der Waals surface area contributed by atoms with E-state index in [1.807, 2.05) is 18.2 Å². The van der Waals surface area contributed by atoms with Crippen molar-refractivity contribution in [3.63, 3.8) is 0 Å². The molecule has 0 aromatic heterocycles. The molecule has 0 radical (unpaired) electrons. The largest absolute Gasteiger partial charge is 0.378 e. The van der Waals surface area contributed by atoms with Crippen molar-refractivity contribution >= 4 is 22.1 Å². The van der Waals surface area contributed by atoms with E-state index in [9.17, 15) is 5.26 Å². The SMILES string of the molecule is CN(C)c1ccc(N2CCN(Cc3ccc(C#N)c4ccccc34)CC2)cc1. The van der Waals surface area contributed by atoms with Gasteiger partial charge in [-0.25, -0.2) is 0 Å². The summed E-state index contributed by atoms with van der Waals surface area (Å²) >= 11 is 0. The first-order valence-electron chi connectivity index (χ1n) is 9.81. The Hall–Kier alpha value is -3.03. The van der Waals surface area contributed by atoms with Crippen molar-refractivity contribution in [3.05, 3.63) is 71.8 Å². The van der Waals surface area contributed by atoms with Gasteiger partial charge in [0.25, 0.3) is 0 Å². The Morgan fingerprint density at radius 2 is 1.54 bits per heavy atom.